The Labute approximate surface area is 79.3 Å². The lowest BCUT2D eigenvalue weighted by Gasteiger charge is -2.21. The molecule has 2 unspecified atom stereocenters. The van der Waals surface area contributed by atoms with Crippen LogP contribution in [0.3, 0.4) is 0 Å². The third kappa shape index (κ3) is 1.51. The second-order valence-corrected chi connectivity index (χ2v) is 4.27. The summed E-state index contributed by atoms with van der Waals surface area (Å²) in [7, 11) is 2.04. The van der Waals surface area contributed by atoms with E-state index in [4.69, 9.17) is 4.42 Å². The maximum absolute atomic E-state index is 5.49. The minimum atomic E-state index is 0.261. The van der Waals surface area contributed by atoms with Gasteiger partial charge in [0.15, 0.2) is 0 Å². The topological polar surface area (TPSA) is 25.2 Å². The van der Waals surface area contributed by atoms with Crippen molar-refractivity contribution in [1.82, 2.24) is 5.32 Å². The number of hydrogen-bond donors (Lipinski definition) is 1. The van der Waals surface area contributed by atoms with Crippen molar-refractivity contribution in [2.24, 2.45) is 0 Å². The highest BCUT2D eigenvalue weighted by atomic mass is 16.3. The number of furan rings is 1. The van der Waals surface area contributed by atoms with E-state index >= 15 is 0 Å². The highest BCUT2D eigenvalue weighted by Crippen LogP contribution is 2.40. The highest BCUT2D eigenvalue weighted by molar-refractivity contribution is 5.15. The predicted octanol–water partition coefficient (Wildman–Crippen LogP) is 2.31. The van der Waals surface area contributed by atoms with Gasteiger partial charge in [-0.25, -0.2) is 0 Å². The van der Waals surface area contributed by atoms with E-state index in [0.29, 0.717) is 6.04 Å². The second-order valence-electron chi connectivity index (χ2n) is 4.27. The fraction of sp³-hybridized carbons (Fsp3) is 0.636. The maximum Gasteiger partial charge on any atom is 0.109 e. The van der Waals surface area contributed by atoms with Crippen LogP contribution in [0.2, 0.25) is 0 Å². The first-order chi connectivity index (χ1) is 6.24. The summed E-state index contributed by atoms with van der Waals surface area (Å²) < 4.78 is 5.49. The van der Waals surface area contributed by atoms with Crippen molar-refractivity contribution in [2.75, 3.05) is 7.05 Å². The highest BCUT2D eigenvalue weighted by Gasteiger charge is 2.37. The summed E-state index contributed by atoms with van der Waals surface area (Å²) in [4.78, 5) is 0. The van der Waals surface area contributed by atoms with E-state index in [9.17, 15) is 0 Å². The summed E-state index contributed by atoms with van der Waals surface area (Å²) in [6.45, 7) is 2.29. The zero-order valence-electron chi connectivity index (χ0n) is 8.34. The first kappa shape index (κ1) is 8.82. The van der Waals surface area contributed by atoms with Crippen molar-refractivity contribution in [3.05, 3.63) is 24.2 Å². The molecule has 1 fully saturated rings. The van der Waals surface area contributed by atoms with Gasteiger partial charge >= 0.3 is 0 Å². The van der Waals surface area contributed by atoms with Gasteiger partial charge in [0.05, 0.1) is 6.26 Å². The number of hydrogen-bond acceptors (Lipinski definition) is 2. The van der Waals surface area contributed by atoms with Crippen molar-refractivity contribution >= 4 is 0 Å². The SMILES string of the molecule is CNC1CCC(C)(c2ccco2)C1. The normalized spacial score (nSPS) is 33.8. The molecule has 2 nitrogen and oxygen atoms in total. The predicted molar refractivity (Wildman–Crippen MR) is 52.8 cm³/mol. The number of rotatable bonds is 2. The molecule has 13 heavy (non-hydrogen) atoms. The Morgan fingerprint density at radius 2 is 2.46 bits per heavy atom. The molecule has 0 bridgehead atoms. The maximum atomic E-state index is 5.49. The molecule has 1 saturated carbocycles. The summed E-state index contributed by atoms with van der Waals surface area (Å²) in [6, 6.07) is 4.74. The van der Waals surface area contributed by atoms with Crippen molar-refractivity contribution < 1.29 is 4.42 Å². The molecule has 0 saturated heterocycles. The van der Waals surface area contributed by atoms with Gasteiger partial charge in [-0.2, -0.15) is 0 Å². The molecule has 2 rings (SSSR count). The van der Waals surface area contributed by atoms with Crippen LogP contribution in [0.25, 0.3) is 0 Å². The molecule has 1 aromatic heterocycles. The lowest BCUT2D eigenvalue weighted by atomic mass is 9.86. The van der Waals surface area contributed by atoms with E-state index in [1.165, 1.54) is 19.3 Å². The Bertz CT molecular complexity index is 268. The molecule has 1 aliphatic rings. The Hall–Kier alpha value is -0.760. The molecule has 0 aromatic carbocycles. The lowest BCUT2D eigenvalue weighted by molar-refractivity contribution is 0.359. The quantitative estimate of drug-likeness (QED) is 0.753. The Balaban J connectivity index is 2.15. The van der Waals surface area contributed by atoms with Crippen LogP contribution >= 0.6 is 0 Å². The molecule has 0 radical (unpaired) electrons. The molecular formula is C11H17NO. The van der Waals surface area contributed by atoms with Gasteiger partial charge in [0.1, 0.15) is 5.76 Å². The first-order valence-corrected chi connectivity index (χ1v) is 4.96. The van der Waals surface area contributed by atoms with E-state index in [1.807, 2.05) is 13.1 Å². The van der Waals surface area contributed by atoms with Gasteiger partial charge in [0.2, 0.25) is 0 Å². The van der Waals surface area contributed by atoms with E-state index in [0.717, 1.165) is 5.76 Å². The summed E-state index contributed by atoms with van der Waals surface area (Å²) in [6.07, 6.45) is 5.45. The van der Waals surface area contributed by atoms with Gasteiger partial charge in [0.25, 0.3) is 0 Å². The molecule has 1 N–H and O–H groups in total. The van der Waals surface area contributed by atoms with Gasteiger partial charge < -0.3 is 9.73 Å². The fourth-order valence-electron chi connectivity index (χ4n) is 2.33. The molecule has 1 heterocycles. The molecule has 0 amide bonds. The third-order valence-corrected chi connectivity index (χ3v) is 3.27. The van der Waals surface area contributed by atoms with Crippen molar-refractivity contribution in [1.29, 1.82) is 0 Å². The van der Waals surface area contributed by atoms with Gasteiger partial charge in [0, 0.05) is 11.5 Å². The molecular weight excluding hydrogens is 162 g/mol. The Morgan fingerprint density at radius 3 is 3.00 bits per heavy atom. The summed E-state index contributed by atoms with van der Waals surface area (Å²) in [5.41, 5.74) is 0.261. The summed E-state index contributed by atoms with van der Waals surface area (Å²) >= 11 is 0. The Morgan fingerprint density at radius 1 is 1.62 bits per heavy atom. The molecule has 72 valence electrons. The fourth-order valence-corrected chi connectivity index (χ4v) is 2.33. The smallest absolute Gasteiger partial charge is 0.109 e. The first-order valence-electron chi connectivity index (χ1n) is 4.96. The minimum absolute atomic E-state index is 0.261. The standard InChI is InChI=1S/C11H17NO/c1-11(10-4-3-7-13-10)6-5-9(8-11)12-2/h3-4,7,9,12H,5-6,8H2,1-2H3. The Kier molecular flexibility index (Phi) is 2.16. The third-order valence-electron chi connectivity index (χ3n) is 3.27. The van der Waals surface area contributed by atoms with Crippen LogP contribution in [-0.2, 0) is 5.41 Å². The molecule has 0 aliphatic heterocycles. The molecule has 2 atom stereocenters. The average molecular weight is 179 g/mol. The van der Waals surface area contributed by atoms with Gasteiger partial charge in [-0.3, -0.25) is 0 Å². The molecule has 1 aromatic rings. The van der Waals surface area contributed by atoms with E-state index in [2.05, 4.69) is 18.3 Å². The monoisotopic (exact) mass is 179 g/mol. The van der Waals surface area contributed by atoms with E-state index in [-0.39, 0.29) is 5.41 Å². The number of nitrogens with one attached hydrogen (secondary N) is 1. The van der Waals surface area contributed by atoms with Crippen LogP contribution in [0.1, 0.15) is 31.9 Å². The zero-order valence-corrected chi connectivity index (χ0v) is 8.34. The molecule has 0 spiro atoms. The average Bonchev–Trinajstić information content (AvgIpc) is 2.72. The minimum Gasteiger partial charge on any atom is -0.469 e. The van der Waals surface area contributed by atoms with Gasteiger partial charge in [-0.15, -0.1) is 0 Å². The lowest BCUT2D eigenvalue weighted by Crippen LogP contribution is -2.25. The zero-order chi connectivity index (χ0) is 9.31. The van der Waals surface area contributed by atoms with E-state index < -0.39 is 0 Å². The summed E-state index contributed by atoms with van der Waals surface area (Å²) in [5.74, 6) is 1.14. The van der Waals surface area contributed by atoms with Crippen LogP contribution in [-0.4, -0.2) is 13.1 Å². The van der Waals surface area contributed by atoms with Crippen molar-refractivity contribution in [3.63, 3.8) is 0 Å². The van der Waals surface area contributed by atoms with Crippen LogP contribution in [0.5, 0.6) is 0 Å². The van der Waals surface area contributed by atoms with Gasteiger partial charge in [-0.1, -0.05) is 6.92 Å². The van der Waals surface area contributed by atoms with Crippen LogP contribution in [0.15, 0.2) is 22.8 Å². The summed E-state index contributed by atoms with van der Waals surface area (Å²) in [5, 5.41) is 3.34. The second kappa shape index (κ2) is 3.18. The largest absolute Gasteiger partial charge is 0.469 e. The van der Waals surface area contributed by atoms with Crippen LogP contribution in [0.4, 0.5) is 0 Å². The van der Waals surface area contributed by atoms with Gasteiger partial charge in [-0.05, 0) is 38.4 Å². The molecule has 2 heteroatoms. The van der Waals surface area contributed by atoms with Crippen molar-refractivity contribution in [2.45, 2.75) is 37.6 Å². The van der Waals surface area contributed by atoms with Crippen molar-refractivity contribution in [3.8, 4) is 0 Å². The van der Waals surface area contributed by atoms with E-state index in [1.54, 1.807) is 6.26 Å². The molecule has 1 aliphatic carbocycles. The van der Waals surface area contributed by atoms with Crippen LogP contribution < -0.4 is 5.32 Å². The van der Waals surface area contributed by atoms with Crippen LogP contribution in [0, 0.1) is 0 Å².